The van der Waals surface area contributed by atoms with Crippen molar-refractivity contribution in [1.29, 1.82) is 0 Å². The van der Waals surface area contributed by atoms with Crippen LogP contribution in [0, 0.1) is 6.92 Å². The first-order valence-corrected chi connectivity index (χ1v) is 6.58. The summed E-state index contributed by atoms with van der Waals surface area (Å²) in [6.07, 6.45) is 1.94. The molecule has 1 aliphatic heterocycles. The summed E-state index contributed by atoms with van der Waals surface area (Å²) < 4.78 is 11.1. The van der Waals surface area contributed by atoms with E-state index in [9.17, 15) is 4.79 Å². The number of aryl methyl sites for hydroxylation is 1. The molecule has 4 nitrogen and oxygen atoms in total. The SMILES string of the molecule is Cc1cc(C(=O)OCC2CCC(C)(C)O2)ccc1N. The Morgan fingerprint density at radius 1 is 1.53 bits per heavy atom. The quantitative estimate of drug-likeness (QED) is 0.672. The fourth-order valence-electron chi connectivity index (χ4n) is 2.25. The van der Waals surface area contributed by atoms with E-state index in [0.717, 1.165) is 18.4 Å². The number of hydrogen-bond donors (Lipinski definition) is 1. The minimum atomic E-state index is -0.323. The van der Waals surface area contributed by atoms with E-state index in [1.54, 1.807) is 18.2 Å². The van der Waals surface area contributed by atoms with Crippen LogP contribution in [0.4, 0.5) is 5.69 Å². The molecule has 0 saturated carbocycles. The molecule has 1 unspecified atom stereocenters. The molecule has 1 aromatic rings. The van der Waals surface area contributed by atoms with Crippen molar-refractivity contribution < 1.29 is 14.3 Å². The monoisotopic (exact) mass is 263 g/mol. The number of nitrogens with two attached hydrogens (primary N) is 1. The highest BCUT2D eigenvalue weighted by Gasteiger charge is 2.32. The second-order valence-electron chi connectivity index (χ2n) is 5.71. The second kappa shape index (κ2) is 5.21. The molecule has 1 saturated heterocycles. The van der Waals surface area contributed by atoms with E-state index in [0.29, 0.717) is 17.9 Å². The Hall–Kier alpha value is -1.55. The van der Waals surface area contributed by atoms with E-state index in [4.69, 9.17) is 15.2 Å². The Labute approximate surface area is 113 Å². The molecule has 2 N–H and O–H groups in total. The van der Waals surface area contributed by atoms with Crippen molar-refractivity contribution >= 4 is 11.7 Å². The number of nitrogen functional groups attached to an aromatic ring is 1. The first-order chi connectivity index (χ1) is 8.87. The van der Waals surface area contributed by atoms with Crippen LogP contribution in [-0.4, -0.2) is 24.3 Å². The average molecular weight is 263 g/mol. The van der Waals surface area contributed by atoms with E-state index in [1.807, 2.05) is 6.92 Å². The van der Waals surface area contributed by atoms with Crippen LogP contribution < -0.4 is 5.73 Å². The minimum absolute atomic E-state index is 0.00817. The molecule has 4 heteroatoms. The zero-order valence-corrected chi connectivity index (χ0v) is 11.7. The summed E-state index contributed by atoms with van der Waals surface area (Å²) in [5.74, 6) is -0.323. The van der Waals surface area contributed by atoms with Gasteiger partial charge in [0.1, 0.15) is 6.61 Å². The Kier molecular flexibility index (Phi) is 3.80. The zero-order valence-electron chi connectivity index (χ0n) is 11.7. The van der Waals surface area contributed by atoms with Crippen LogP contribution in [0.2, 0.25) is 0 Å². The fourth-order valence-corrected chi connectivity index (χ4v) is 2.25. The lowest BCUT2D eigenvalue weighted by Crippen LogP contribution is -2.24. The molecule has 19 heavy (non-hydrogen) atoms. The van der Waals surface area contributed by atoms with Crippen molar-refractivity contribution in [3.05, 3.63) is 29.3 Å². The summed E-state index contributed by atoms with van der Waals surface area (Å²) in [6.45, 7) is 6.29. The number of ether oxygens (including phenoxy) is 2. The third-order valence-electron chi connectivity index (χ3n) is 3.46. The van der Waals surface area contributed by atoms with Gasteiger partial charge in [-0.25, -0.2) is 4.79 Å². The molecule has 0 radical (unpaired) electrons. The van der Waals surface area contributed by atoms with Gasteiger partial charge in [0.25, 0.3) is 0 Å². The highest BCUT2D eigenvalue weighted by Crippen LogP contribution is 2.29. The predicted molar refractivity (Wildman–Crippen MR) is 74.1 cm³/mol. The van der Waals surface area contributed by atoms with Gasteiger partial charge in [0.15, 0.2) is 0 Å². The van der Waals surface area contributed by atoms with Crippen molar-refractivity contribution in [3.63, 3.8) is 0 Å². The van der Waals surface area contributed by atoms with Crippen LogP contribution in [0.1, 0.15) is 42.6 Å². The Bertz CT molecular complexity index is 482. The van der Waals surface area contributed by atoms with Gasteiger partial charge in [0, 0.05) is 5.69 Å². The third-order valence-corrected chi connectivity index (χ3v) is 3.46. The first kappa shape index (κ1) is 13.9. The van der Waals surface area contributed by atoms with E-state index in [-0.39, 0.29) is 17.7 Å². The molecule has 1 fully saturated rings. The van der Waals surface area contributed by atoms with E-state index in [2.05, 4.69) is 13.8 Å². The molecule has 1 atom stereocenters. The molecule has 0 aliphatic carbocycles. The highest BCUT2D eigenvalue weighted by atomic mass is 16.6. The predicted octanol–water partition coefficient (Wildman–Crippen LogP) is 2.69. The van der Waals surface area contributed by atoms with Gasteiger partial charge in [0.2, 0.25) is 0 Å². The van der Waals surface area contributed by atoms with Crippen LogP contribution >= 0.6 is 0 Å². The van der Waals surface area contributed by atoms with Gasteiger partial charge in [-0.1, -0.05) is 0 Å². The van der Waals surface area contributed by atoms with Crippen molar-refractivity contribution in [2.75, 3.05) is 12.3 Å². The lowest BCUT2D eigenvalue weighted by atomic mass is 10.1. The molecule has 0 spiro atoms. The van der Waals surface area contributed by atoms with Crippen LogP contribution in [0.25, 0.3) is 0 Å². The van der Waals surface area contributed by atoms with Crippen LogP contribution in [0.15, 0.2) is 18.2 Å². The summed E-state index contributed by atoms with van der Waals surface area (Å²) in [4.78, 5) is 11.9. The van der Waals surface area contributed by atoms with Crippen molar-refractivity contribution in [1.82, 2.24) is 0 Å². The van der Waals surface area contributed by atoms with E-state index < -0.39 is 0 Å². The topological polar surface area (TPSA) is 61.5 Å². The maximum atomic E-state index is 11.9. The standard InChI is InChI=1S/C15H21NO3/c1-10-8-11(4-5-13(10)16)14(17)18-9-12-6-7-15(2,3)19-12/h4-5,8,12H,6-7,9,16H2,1-3H3. The van der Waals surface area contributed by atoms with Crippen molar-refractivity contribution in [2.24, 2.45) is 0 Å². The molecule has 0 amide bonds. The normalized spacial score (nSPS) is 21.3. The lowest BCUT2D eigenvalue weighted by Gasteiger charge is -2.19. The van der Waals surface area contributed by atoms with Gasteiger partial charge in [-0.2, -0.15) is 0 Å². The van der Waals surface area contributed by atoms with Gasteiger partial charge in [-0.05, 0) is 57.4 Å². The molecule has 104 valence electrons. The molecule has 0 aromatic heterocycles. The maximum Gasteiger partial charge on any atom is 0.338 e. The van der Waals surface area contributed by atoms with Crippen molar-refractivity contribution in [3.8, 4) is 0 Å². The van der Waals surface area contributed by atoms with Gasteiger partial charge in [-0.15, -0.1) is 0 Å². The lowest BCUT2D eigenvalue weighted by molar-refractivity contribution is -0.0444. The smallest absolute Gasteiger partial charge is 0.338 e. The van der Waals surface area contributed by atoms with E-state index in [1.165, 1.54) is 0 Å². The molecule has 1 aromatic carbocycles. The fraction of sp³-hybridized carbons (Fsp3) is 0.533. The Balaban J connectivity index is 1.89. The Morgan fingerprint density at radius 3 is 2.84 bits per heavy atom. The first-order valence-electron chi connectivity index (χ1n) is 6.58. The number of esters is 1. The number of carbonyl (C=O) groups is 1. The molecule has 1 heterocycles. The van der Waals surface area contributed by atoms with E-state index >= 15 is 0 Å². The number of rotatable bonds is 3. The number of carbonyl (C=O) groups excluding carboxylic acids is 1. The van der Waals surface area contributed by atoms with Gasteiger partial charge < -0.3 is 15.2 Å². The minimum Gasteiger partial charge on any atom is -0.459 e. The molecule has 2 rings (SSSR count). The van der Waals surface area contributed by atoms with Gasteiger partial charge in [0.05, 0.1) is 17.3 Å². The summed E-state index contributed by atoms with van der Waals surface area (Å²) >= 11 is 0. The Morgan fingerprint density at radius 2 is 2.26 bits per heavy atom. The maximum absolute atomic E-state index is 11.9. The molecule has 1 aliphatic rings. The van der Waals surface area contributed by atoms with Crippen LogP contribution in [0.3, 0.4) is 0 Å². The molecular formula is C15H21NO3. The largest absolute Gasteiger partial charge is 0.459 e. The summed E-state index contributed by atoms with van der Waals surface area (Å²) in [6, 6.07) is 5.16. The number of benzene rings is 1. The van der Waals surface area contributed by atoms with Gasteiger partial charge >= 0.3 is 5.97 Å². The van der Waals surface area contributed by atoms with Crippen LogP contribution in [-0.2, 0) is 9.47 Å². The van der Waals surface area contributed by atoms with Crippen LogP contribution in [0.5, 0.6) is 0 Å². The molecule has 0 bridgehead atoms. The average Bonchev–Trinajstić information content (AvgIpc) is 2.69. The number of hydrogen-bond acceptors (Lipinski definition) is 4. The zero-order chi connectivity index (χ0) is 14.0. The molecular weight excluding hydrogens is 242 g/mol. The number of anilines is 1. The van der Waals surface area contributed by atoms with Gasteiger partial charge in [-0.3, -0.25) is 0 Å². The summed E-state index contributed by atoms with van der Waals surface area (Å²) in [5.41, 5.74) is 7.71. The third kappa shape index (κ3) is 3.47. The summed E-state index contributed by atoms with van der Waals surface area (Å²) in [5, 5.41) is 0. The summed E-state index contributed by atoms with van der Waals surface area (Å²) in [7, 11) is 0. The highest BCUT2D eigenvalue weighted by molar-refractivity contribution is 5.90. The second-order valence-corrected chi connectivity index (χ2v) is 5.71. The van der Waals surface area contributed by atoms with Crippen molar-refractivity contribution in [2.45, 2.75) is 45.3 Å².